The Balaban J connectivity index is 1.59. The SMILES string of the molecule is O=C(COc1ccc(S(=O)(=O)N2CCCCCC2)cc1)Nc1cc(Cl)c(Cl)cc1Cl. The van der Waals surface area contributed by atoms with Crippen molar-refractivity contribution in [3.8, 4) is 5.75 Å². The number of hydrogen-bond donors (Lipinski definition) is 1. The maximum absolute atomic E-state index is 12.8. The maximum Gasteiger partial charge on any atom is 0.262 e. The molecule has 3 rings (SSSR count). The van der Waals surface area contributed by atoms with Crippen molar-refractivity contribution in [3.05, 3.63) is 51.5 Å². The van der Waals surface area contributed by atoms with Gasteiger partial charge in [0, 0.05) is 13.1 Å². The maximum atomic E-state index is 12.8. The molecule has 0 aliphatic carbocycles. The smallest absolute Gasteiger partial charge is 0.262 e. The minimum atomic E-state index is -3.53. The van der Waals surface area contributed by atoms with E-state index in [1.54, 1.807) is 0 Å². The molecule has 1 saturated heterocycles. The number of halogens is 3. The van der Waals surface area contributed by atoms with Gasteiger partial charge in [-0.05, 0) is 49.2 Å². The van der Waals surface area contributed by atoms with Gasteiger partial charge in [-0.1, -0.05) is 47.6 Å². The van der Waals surface area contributed by atoms with Crippen LogP contribution in [0.15, 0.2) is 41.3 Å². The zero-order valence-corrected chi connectivity index (χ0v) is 19.1. The number of nitrogens with one attached hydrogen (secondary N) is 1. The van der Waals surface area contributed by atoms with E-state index in [-0.39, 0.29) is 26.6 Å². The normalized spacial score (nSPS) is 15.4. The Kier molecular flexibility index (Phi) is 7.87. The highest BCUT2D eigenvalue weighted by atomic mass is 35.5. The summed E-state index contributed by atoms with van der Waals surface area (Å²) in [6.07, 6.45) is 3.85. The van der Waals surface area contributed by atoms with Gasteiger partial charge >= 0.3 is 0 Å². The Labute approximate surface area is 191 Å². The van der Waals surface area contributed by atoms with E-state index in [1.807, 2.05) is 0 Å². The van der Waals surface area contributed by atoms with E-state index in [4.69, 9.17) is 39.5 Å². The largest absolute Gasteiger partial charge is 0.484 e. The van der Waals surface area contributed by atoms with Crippen LogP contribution in [0.25, 0.3) is 0 Å². The van der Waals surface area contributed by atoms with Crippen LogP contribution in [0.1, 0.15) is 25.7 Å². The Morgan fingerprint density at radius 2 is 1.53 bits per heavy atom. The number of amides is 1. The monoisotopic (exact) mass is 490 g/mol. The summed E-state index contributed by atoms with van der Waals surface area (Å²) in [5.41, 5.74) is 0.318. The van der Waals surface area contributed by atoms with Crippen LogP contribution in [0, 0.1) is 0 Å². The van der Waals surface area contributed by atoms with E-state index in [0.717, 1.165) is 25.7 Å². The van der Waals surface area contributed by atoms with E-state index in [1.165, 1.54) is 40.7 Å². The second-order valence-electron chi connectivity index (χ2n) is 6.87. The van der Waals surface area contributed by atoms with Crippen molar-refractivity contribution >= 4 is 56.4 Å². The third-order valence-electron chi connectivity index (χ3n) is 4.68. The van der Waals surface area contributed by atoms with Crippen LogP contribution in [0.5, 0.6) is 5.75 Å². The van der Waals surface area contributed by atoms with E-state index in [0.29, 0.717) is 24.5 Å². The van der Waals surface area contributed by atoms with Crippen LogP contribution in [0.3, 0.4) is 0 Å². The molecule has 1 fully saturated rings. The summed E-state index contributed by atoms with van der Waals surface area (Å²) >= 11 is 17.8. The molecule has 1 amide bonds. The highest BCUT2D eigenvalue weighted by molar-refractivity contribution is 7.89. The van der Waals surface area contributed by atoms with Gasteiger partial charge in [-0.25, -0.2) is 8.42 Å². The van der Waals surface area contributed by atoms with Crippen molar-refractivity contribution in [2.75, 3.05) is 25.0 Å². The minimum absolute atomic E-state index is 0.212. The zero-order valence-electron chi connectivity index (χ0n) is 16.0. The first-order chi connectivity index (χ1) is 14.3. The van der Waals surface area contributed by atoms with Crippen molar-refractivity contribution in [3.63, 3.8) is 0 Å². The molecule has 0 saturated carbocycles. The van der Waals surface area contributed by atoms with Crippen molar-refractivity contribution in [2.45, 2.75) is 30.6 Å². The number of ether oxygens (including phenoxy) is 1. The predicted octanol–water partition coefficient (Wildman–Crippen LogP) is 5.23. The van der Waals surface area contributed by atoms with E-state index < -0.39 is 15.9 Å². The molecule has 162 valence electrons. The Morgan fingerprint density at radius 1 is 0.933 bits per heavy atom. The molecule has 0 bridgehead atoms. The summed E-state index contributed by atoms with van der Waals surface area (Å²) < 4.78 is 32.6. The van der Waals surface area contributed by atoms with Crippen molar-refractivity contribution in [2.24, 2.45) is 0 Å². The molecular formula is C20H21Cl3N2O4S. The molecule has 10 heteroatoms. The van der Waals surface area contributed by atoms with Crippen LogP contribution >= 0.6 is 34.8 Å². The number of rotatable bonds is 6. The van der Waals surface area contributed by atoms with Crippen molar-refractivity contribution in [1.29, 1.82) is 0 Å². The van der Waals surface area contributed by atoms with Gasteiger partial charge < -0.3 is 10.1 Å². The predicted molar refractivity (Wildman–Crippen MR) is 119 cm³/mol. The summed E-state index contributed by atoms with van der Waals surface area (Å²) in [5, 5.41) is 3.39. The average molecular weight is 492 g/mol. The quantitative estimate of drug-likeness (QED) is 0.562. The molecule has 2 aromatic rings. The molecule has 1 aliphatic heterocycles. The van der Waals surface area contributed by atoms with Gasteiger partial charge in [0.05, 0.1) is 25.7 Å². The summed E-state index contributed by atoms with van der Waals surface area (Å²) in [4.78, 5) is 12.3. The fourth-order valence-electron chi connectivity index (χ4n) is 3.09. The lowest BCUT2D eigenvalue weighted by Gasteiger charge is -2.20. The number of nitrogens with zero attached hydrogens (tertiary/aromatic N) is 1. The molecule has 1 heterocycles. The third-order valence-corrected chi connectivity index (χ3v) is 7.63. The molecule has 0 spiro atoms. The lowest BCUT2D eigenvalue weighted by atomic mass is 10.2. The summed E-state index contributed by atoms with van der Waals surface area (Å²) in [7, 11) is -3.53. The molecule has 6 nitrogen and oxygen atoms in total. The molecule has 30 heavy (non-hydrogen) atoms. The highest BCUT2D eigenvalue weighted by Gasteiger charge is 2.25. The van der Waals surface area contributed by atoms with Crippen molar-refractivity contribution in [1.82, 2.24) is 4.31 Å². The number of benzene rings is 2. The number of anilines is 1. The fraction of sp³-hybridized carbons (Fsp3) is 0.350. The van der Waals surface area contributed by atoms with E-state index >= 15 is 0 Å². The van der Waals surface area contributed by atoms with Gasteiger partial charge in [0.2, 0.25) is 10.0 Å². The lowest BCUT2D eigenvalue weighted by Crippen LogP contribution is -2.31. The van der Waals surface area contributed by atoms with E-state index in [9.17, 15) is 13.2 Å². The number of carbonyl (C=O) groups is 1. The summed E-state index contributed by atoms with van der Waals surface area (Å²) in [6.45, 7) is 0.796. The minimum Gasteiger partial charge on any atom is -0.484 e. The number of sulfonamides is 1. The van der Waals surface area contributed by atoms with Crippen molar-refractivity contribution < 1.29 is 17.9 Å². The van der Waals surface area contributed by atoms with Crippen LogP contribution in [-0.4, -0.2) is 38.3 Å². The molecule has 0 unspecified atom stereocenters. The third kappa shape index (κ3) is 5.80. The first-order valence-corrected chi connectivity index (χ1v) is 12.0. The molecule has 0 atom stereocenters. The van der Waals surface area contributed by atoms with Crippen LogP contribution in [-0.2, 0) is 14.8 Å². The van der Waals surface area contributed by atoms with Gasteiger partial charge in [0.25, 0.3) is 5.91 Å². The molecule has 1 N–H and O–H groups in total. The van der Waals surface area contributed by atoms with Gasteiger partial charge in [-0.3, -0.25) is 4.79 Å². The summed E-state index contributed by atoms with van der Waals surface area (Å²) in [6, 6.07) is 8.93. The van der Waals surface area contributed by atoms with Gasteiger partial charge in [0.15, 0.2) is 6.61 Å². The molecule has 0 aromatic heterocycles. The topological polar surface area (TPSA) is 75.7 Å². The highest BCUT2D eigenvalue weighted by Crippen LogP contribution is 2.32. The standard InChI is InChI=1S/C20H21Cl3N2O4S/c21-16-11-18(23)19(12-17(16)22)24-20(26)13-29-14-5-7-15(8-6-14)30(27,28)25-9-3-1-2-4-10-25/h5-8,11-12H,1-4,9-10,13H2,(H,24,26). The lowest BCUT2D eigenvalue weighted by molar-refractivity contribution is -0.118. The average Bonchev–Trinajstić information content (AvgIpc) is 3.01. The Morgan fingerprint density at radius 3 is 2.17 bits per heavy atom. The fourth-order valence-corrected chi connectivity index (χ4v) is 5.20. The molecule has 1 aliphatic rings. The van der Waals surface area contributed by atoms with Gasteiger partial charge in [-0.2, -0.15) is 4.31 Å². The molecule has 0 radical (unpaired) electrons. The molecular weight excluding hydrogens is 471 g/mol. The second kappa shape index (κ2) is 10.2. The first kappa shape index (κ1) is 23.2. The van der Waals surface area contributed by atoms with Crippen LogP contribution < -0.4 is 10.1 Å². The van der Waals surface area contributed by atoms with Crippen LogP contribution in [0.2, 0.25) is 15.1 Å². The second-order valence-corrected chi connectivity index (χ2v) is 10.0. The Hall–Kier alpha value is -1.51. The van der Waals surface area contributed by atoms with Gasteiger partial charge in [0.1, 0.15) is 5.75 Å². The molecule has 2 aromatic carbocycles. The first-order valence-electron chi connectivity index (χ1n) is 9.45. The van der Waals surface area contributed by atoms with E-state index in [2.05, 4.69) is 5.32 Å². The van der Waals surface area contributed by atoms with Gasteiger partial charge in [-0.15, -0.1) is 0 Å². The summed E-state index contributed by atoms with van der Waals surface area (Å²) in [5.74, 6) is -0.0724. The zero-order chi connectivity index (χ0) is 21.7. The Bertz CT molecular complexity index is 1010. The number of carbonyl (C=O) groups excluding carboxylic acids is 1. The number of hydrogen-bond acceptors (Lipinski definition) is 4. The van der Waals surface area contributed by atoms with Crippen LogP contribution in [0.4, 0.5) is 5.69 Å².